The summed E-state index contributed by atoms with van der Waals surface area (Å²) in [7, 11) is 0. The van der Waals surface area contributed by atoms with E-state index in [9.17, 15) is 4.79 Å². The Balaban J connectivity index is 1.12. The van der Waals surface area contributed by atoms with Crippen LogP contribution in [0.5, 0.6) is 0 Å². The zero-order valence-electron chi connectivity index (χ0n) is 17.5. The highest BCUT2D eigenvalue weighted by Gasteiger charge is 2.56. The van der Waals surface area contributed by atoms with Crippen molar-refractivity contribution in [3.8, 4) is 0 Å². The minimum atomic E-state index is 0.187. The van der Waals surface area contributed by atoms with Crippen LogP contribution in [0.15, 0.2) is 42.8 Å². The van der Waals surface area contributed by atoms with Crippen molar-refractivity contribution in [2.24, 2.45) is 11.8 Å². The van der Waals surface area contributed by atoms with Gasteiger partial charge in [-0.25, -0.2) is 4.52 Å². The monoisotopic (exact) mass is 417 g/mol. The van der Waals surface area contributed by atoms with Crippen LogP contribution in [0.3, 0.4) is 0 Å². The summed E-state index contributed by atoms with van der Waals surface area (Å²) < 4.78 is 7.42. The maximum Gasteiger partial charge on any atom is 0.225 e. The minimum Gasteiger partial charge on any atom is -0.377 e. The third-order valence-electron chi connectivity index (χ3n) is 7.72. The average molecular weight is 418 g/mol. The van der Waals surface area contributed by atoms with Gasteiger partial charge in [0.15, 0.2) is 0 Å². The van der Waals surface area contributed by atoms with Crippen LogP contribution in [0.1, 0.15) is 18.4 Å². The number of nitrogens with zero attached hydrogens (tertiary/aromatic N) is 4. The topological polar surface area (TPSA) is 62.1 Å². The van der Waals surface area contributed by atoms with Crippen LogP contribution in [-0.4, -0.2) is 71.4 Å². The Labute approximate surface area is 181 Å². The van der Waals surface area contributed by atoms with E-state index >= 15 is 0 Å². The first kappa shape index (κ1) is 18.0. The van der Waals surface area contributed by atoms with E-state index in [1.165, 1.54) is 16.8 Å². The van der Waals surface area contributed by atoms with Gasteiger partial charge in [-0.15, -0.1) is 0 Å². The molecule has 2 atom stereocenters. The largest absolute Gasteiger partial charge is 0.377 e. The molecule has 1 saturated carbocycles. The van der Waals surface area contributed by atoms with E-state index in [0.717, 1.165) is 57.8 Å². The molecule has 1 N–H and O–H groups in total. The van der Waals surface area contributed by atoms with E-state index in [0.29, 0.717) is 23.8 Å². The number of allylic oxidation sites excluding steroid dienone is 2. The van der Waals surface area contributed by atoms with E-state index in [1.54, 1.807) is 0 Å². The number of rotatable bonds is 3. The maximum absolute atomic E-state index is 12.4. The van der Waals surface area contributed by atoms with Crippen LogP contribution in [-0.2, 0) is 9.53 Å². The fourth-order valence-electron chi connectivity index (χ4n) is 5.64. The second kappa shape index (κ2) is 6.43. The van der Waals surface area contributed by atoms with Gasteiger partial charge < -0.3 is 14.5 Å². The second-order valence-electron chi connectivity index (χ2n) is 9.69. The molecule has 1 amide bonds. The van der Waals surface area contributed by atoms with Crippen molar-refractivity contribution in [2.45, 2.75) is 24.4 Å². The molecule has 0 aromatic carbocycles. The van der Waals surface area contributed by atoms with Gasteiger partial charge in [-0.05, 0) is 30.5 Å². The molecule has 2 aliphatic carbocycles. The number of ether oxygens (including phenoxy) is 1. The van der Waals surface area contributed by atoms with Crippen molar-refractivity contribution in [1.82, 2.24) is 19.8 Å². The summed E-state index contributed by atoms with van der Waals surface area (Å²) in [5.41, 5.74) is 4.96. The van der Waals surface area contributed by atoms with Crippen LogP contribution < -0.4 is 10.2 Å². The Morgan fingerprint density at radius 2 is 2.03 bits per heavy atom. The number of carbonyl (C=O) groups excluding carboxylic acids is 1. The molecular formula is C24H27N5O2. The predicted molar refractivity (Wildman–Crippen MR) is 118 cm³/mol. The number of fused-ring (bicyclic) bond motifs is 3. The van der Waals surface area contributed by atoms with Crippen molar-refractivity contribution >= 4 is 22.7 Å². The highest BCUT2D eigenvalue weighted by molar-refractivity contribution is 5.84. The molecule has 1 spiro atoms. The Bertz CT molecular complexity index is 1120. The van der Waals surface area contributed by atoms with Gasteiger partial charge in [0.1, 0.15) is 0 Å². The molecule has 7 heteroatoms. The van der Waals surface area contributed by atoms with Gasteiger partial charge in [-0.1, -0.05) is 18.2 Å². The molecule has 7 nitrogen and oxygen atoms in total. The molecule has 3 aliphatic heterocycles. The van der Waals surface area contributed by atoms with Crippen molar-refractivity contribution < 1.29 is 9.53 Å². The van der Waals surface area contributed by atoms with Gasteiger partial charge >= 0.3 is 0 Å². The number of amides is 1. The third-order valence-corrected chi connectivity index (χ3v) is 7.72. The summed E-state index contributed by atoms with van der Waals surface area (Å²) in [6, 6.07) is 4.75. The van der Waals surface area contributed by atoms with Gasteiger partial charge in [0.05, 0.1) is 30.0 Å². The van der Waals surface area contributed by atoms with E-state index in [1.807, 2.05) is 10.7 Å². The van der Waals surface area contributed by atoms with Gasteiger partial charge in [0.25, 0.3) is 0 Å². The van der Waals surface area contributed by atoms with Gasteiger partial charge in [-0.2, -0.15) is 5.10 Å². The summed E-state index contributed by atoms with van der Waals surface area (Å²) in [4.78, 5) is 16.8. The molecule has 7 rings (SSSR count). The number of aromatic nitrogens is 2. The van der Waals surface area contributed by atoms with E-state index < -0.39 is 0 Å². The Morgan fingerprint density at radius 1 is 1.19 bits per heavy atom. The molecule has 2 aromatic heterocycles. The number of hydrogen-bond donors (Lipinski definition) is 1. The predicted octanol–water partition coefficient (Wildman–Crippen LogP) is 1.70. The maximum atomic E-state index is 12.4. The highest BCUT2D eigenvalue weighted by atomic mass is 16.5. The fourth-order valence-corrected chi connectivity index (χ4v) is 5.64. The van der Waals surface area contributed by atoms with Crippen LogP contribution >= 0.6 is 0 Å². The molecule has 31 heavy (non-hydrogen) atoms. The quantitative estimate of drug-likeness (QED) is 0.824. The average Bonchev–Trinajstić information content (AvgIpc) is 3.51. The van der Waals surface area contributed by atoms with Crippen LogP contribution in [0, 0.1) is 11.8 Å². The number of piperazine rings is 1. The van der Waals surface area contributed by atoms with Crippen LogP contribution in [0.4, 0.5) is 5.69 Å². The lowest BCUT2D eigenvalue weighted by atomic mass is 9.66. The summed E-state index contributed by atoms with van der Waals surface area (Å²) >= 11 is 0. The zero-order chi connectivity index (χ0) is 20.6. The van der Waals surface area contributed by atoms with Crippen molar-refractivity contribution in [2.75, 3.05) is 44.3 Å². The molecule has 3 saturated heterocycles. The summed E-state index contributed by atoms with van der Waals surface area (Å²) in [6.07, 6.45) is 13.1. The van der Waals surface area contributed by atoms with Crippen LogP contribution in [0.25, 0.3) is 11.1 Å². The van der Waals surface area contributed by atoms with Crippen LogP contribution in [0.2, 0.25) is 0 Å². The second-order valence-corrected chi connectivity index (χ2v) is 9.69. The van der Waals surface area contributed by atoms with E-state index in [2.05, 4.69) is 56.8 Å². The minimum absolute atomic E-state index is 0.187. The lowest BCUT2D eigenvalue weighted by Gasteiger charge is -2.60. The SMILES string of the molecule is O=C(C1CC1)N1CCN(c2ccnn3cc(C4=CC5NC6(COC6)C5C=C4)cc23)CC1. The van der Waals surface area contributed by atoms with Gasteiger partial charge in [0, 0.05) is 62.0 Å². The molecule has 0 bridgehead atoms. The summed E-state index contributed by atoms with van der Waals surface area (Å²) in [6.45, 7) is 5.02. The number of anilines is 1. The molecule has 160 valence electrons. The normalized spacial score (nSPS) is 28.8. The molecule has 5 heterocycles. The molecule has 2 aromatic rings. The molecule has 5 aliphatic rings. The molecule has 2 unspecified atom stereocenters. The lowest BCUT2D eigenvalue weighted by Crippen LogP contribution is -2.79. The van der Waals surface area contributed by atoms with E-state index in [-0.39, 0.29) is 5.54 Å². The number of nitrogens with one attached hydrogen (secondary N) is 1. The first-order valence-corrected chi connectivity index (χ1v) is 11.5. The van der Waals surface area contributed by atoms with E-state index in [4.69, 9.17) is 4.74 Å². The van der Waals surface area contributed by atoms with Crippen molar-refractivity contribution in [1.29, 1.82) is 0 Å². The summed E-state index contributed by atoms with van der Waals surface area (Å²) in [5.74, 6) is 1.21. The molecule has 0 radical (unpaired) electrons. The van der Waals surface area contributed by atoms with Gasteiger partial charge in [-0.3, -0.25) is 10.1 Å². The number of carbonyl (C=O) groups is 1. The smallest absolute Gasteiger partial charge is 0.225 e. The first-order chi connectivity index (χ1) is 15.2. The standard InChI is InChI=1S/C24H27N5O2/c30-23(16-1-2-16)28-9-7-27(8-10-28)21-5-6-25-29-13-18(12-22(21)29)17-3-4-19-20(11-17)26-24(19)14-31-15-24/h3-6,11-13,16,19-20,26H,1-2,7-10,14-15H2. The highest BCUT2D eigenvalue weighted by Crippen LogP contribution is 2.43. The Kier molecular flexibility index (Phi) is 3.73. The Morgan fingerprint density at radius 3 is 2.74 bits per heavy atom. The Hall–Kier alpha value is -2.64. The zero-order valence-corrected chi connectivity index (χ0v) is 17.5. The fraction of sp³-hybridized carbons (Fsp3) is 0.500. The van der Waals surface area contributed by atoms with Gasteiger partial charge in [0.2, 0.25) is 5.91 Å². The lowest BCUT2D eigenvalue weighted by molar-refractivity contribution is -0.144. The molecule has 4 fully saturated rings. The number of hydrogen-bond acceptors (Lipinski definition) is 5. The van der Waals surface area contributed by atoms with Crippen molar-refractivity contribution in [3.05, 3.63) is 48.3 Å². The molecular weight excluding hydrogens is 390 g/mol. The third kappa shape index (κ3) is 2.72. The van der Waals surface area contributed by atoms with Crippen molar-refractivity contribution in [3.63, 3.8) is 0 Å². The first-order valence-electron chi connectivity index (χ1n) is 11.5. The summed E-state index contributed by atoms with van der Waals surface area (Å²) in [5, 5.41) is 8.26.